The first-order valence-corrected chi connectivity index (χ1v) is 13.1. The highest BCUT2D eigenvalue weighted by Gasteiger charge is 2.34. The van der Waals surface area contributed by atoms with Crippen LogP contribution in [0.5, 0.6) is 0 Å². The average Bonchev–Trinajstić information content (AvgIpc) is 3.70. The Labute approximate surface area is 217 Å². The van der Waals surface area contributed by atoms with Crippen LogP contribution in [0.15, 0.2) is 65.3 Å². The molecule has 0 aliphatic carbocycles. The Kier molecular flexibility index (Phi) is 7.67. The predicted octanol–water partition coefficient (Wildman–Crippen LogP) is 3.41. The van der Waals surface area contributed by atoms with Gasteiger partial charge in [-0.15, -0.1) is 0 Å². The lowest BCUT2D eigenvalue weighted by Crippen LogP contribution is -2.52. The number of hydrogen-bond donors (Lipinski definition) is 3. The van der Waals surface area contributed by atoms with Crippen molar-refractivity contribution in [3.05, 3.63) is 89.1 Å². The number of carbonyl (C=O) groups is 2. The first-order chi connectivity index (χ1) is 18.0. The molecule has 0 spiro atoms. The molecule has 2 fully saturated rings. The van der Waals surface area contributed by atoms with Crippen LogP contribution in [0.3, 0.4) is 0 Å². The number of likely N-dealkylation sites (tertiary alicyclic amines) is 1. The number of aliphatic hydroxyl groups excluding tert-OH is 1. The van der Waals surface area contributed by atoms with Gasteiger partial charge in [-0.1, -0.05) is 36.4 Å². The van der Waals surface area contributed by atoms with Crippen molar-refractivity contribution in [2.45, 2.75) is 63.3 Å². The second kappa shape index (κ2) is 11.3. The Morgan fingerprint density at radius 3 is 2.68 bits per heavy atom. The number of oxazole rings is 1. The molecule has 2 aliphatic heterocycles. The van der Waals surface area contributed by atoms with Crippen LogP contribution in [0.4, 0.5) is 0 Å². The number of nitrogens with zero attached hydrogens (tertiary/aromatic N) is 2. The van der Waals surface area contributed by atoms with Crippen LogP contribution in [-0.4, -0.2) is 58.1 Å². The molecule has 2 aromatic carbocycles. The summed E-state index contributed by atoms with van der Waals surface area (Å²) >= 11 is 0. The number of aliphatic hydroxyl groups is 1. The van der Waals surface area contributed by atoms with Crippen LogP contribution in [0.1, 0.15) is 69.6 Å². The lowest BCUT2D eigenvalue weighted by atomic mass is 9.95. The Morgan fingerprint density at radius 2 is 1.95 bits per heavy atom. The summed E-state index contributed by atoms with van der Waals surface area (Å²) in [6, 6.07) is 15.9. The normalized spacial score (nSPS) is 21.1. The van der Waals surface area contributed by atoms with Crippen molar-refractivity contribution in [3.63, 3.8) is 0 Å². The van der Waals surface area contributed by atoms with Gasteiger partial charge in [0.15, 0.2) is 0 Å². The van der Waals surface area contributed by atoms with E-state index in [1.807, 2.05) is 37.3 Å². The van der Waals surface area contributed by atoms with Gasteiger partial charge in [-0.2, -0.15) is 0 Å². The van der Waals surface area contributed by atoms with Crippen LogP contribution >= 0.6 is 0 Å². The molecule has 0 saturated carbocycles. The molecule has 4 atom stereocenters. The van der Waals surface area contributed by atoms with Gasteiger partial charge in [0, 0.05) is 23.7 Å². The maximum Gasteiger partial charge on any atom is 0.254 e. The van der Waals surface area contributed by atoms with E-state index < -0.39 is 12.1 Å². The van der Waals surface area contributed by atoms with E-state index in [0.29, 0.717) is 30.0 Å². The Balaban J connectivity index is 1.32. The highest BCUT2D eigenvalue weighted by Crippen LogP contribution is 2.32. The minimum atomic E-state index is -0.730. The molecule has 0 unspecified atom stereocenters. The van der Waals surface area contributed by atoms with Gasteiger partial charge in [0.1, 0.15) is 12.3 Å². The summed E-state index contributed by atoms with van der Waals surface area (Å²) in [6.45, 7) is 3.34. The maximum absolute atomic E-state index is 13.4. The zero-order chi connectivity index (χ0) is 25.8. The third kappa shape index (κ3) is 5.76. The van der Waals surface area contributed by atoms with Crippen LogP contribution in [0, 0.1) is 6.92 Å². The van der Waals surface area contributed by atoms with E-state index in [9.17, 15) is 14.7 Å². The molecule has 8 nitrogen and oxygen atoms in total. The Hall–Kier alpha value is -3.49. The second-order valence-electron chi connectivity index (χ2n) is 10.0. The van der Waals surface area contributed by atoms with Gasteiger partial charge in [0.2, 0.25) is 5.89 Å². The van der Waals surface area contributed by atoms with Gasteiger partial charge < -0.3 is 25.1 Å². The van der Waals surface area contributed by atoms with Crippen molar-refractivity contribution in [3.8, 4) is 0 Å². The monoisotopic (exact) mass is 502 g/mol. The van der Waals surface area contributed by atoms with Crippen molar-refractivity contribution in [1.82, 2.24) is 20.5 Å². The van der Waals surface area contributed by atoms with Crippen molar-refractivity contribution in [1.29, 1.82) is 0 Å². The minimum absolute atomic E-state index is 0.0622. The fraction of sp³-hybridized carbons (Fsp3) is 0.414. The quantitative estimate of drug-likeness (QED) is 0.436. The van der Waals surface area contributed by atoms with E-state index in [1.165, 1.54) is 0 Å². The van der Waals surface area contributed by atoms with Gasteiger partial charge in [-0.25, -0.2) is 4.98 Å². The first kappa shape index (κ1) is 25.2. The molecule has 2 amide bonds. The number of rotatable bonds is 8. The third-order valence-electron chi connectivity index (χ3n) is 7.35. The molecule has 5 rings (SSSR count). The molecule has 8 heteroatoms. The van der Waals surface area contributed by atoms with E-state index in [2.05, 4.69) is 15.6 Å². The van der Waals surface area contributed by atoms with Gasteiger partial charge in [0.25, 0.3) is 11.8 Å². The van der Waals surface area contributed by atoms with E-state index in [-0.39, 0.29) is 23.9 Å². The summed E-state index contributed by atoms with van der Waals surface area (Å²) in [7, 11) is 0. The second-order valence-corrected chi connectivity index (χ2v) is 10.0. The van der Waals surface area contributed by atoms with Crippen LogP contribution in [0.25, 0.3) is 0 Å². The number of aryl methyl sites for hydroxylation is 1. The molecule has 194 valence electrons. The van der Waals surface area contributed by atoms with E-state index in [4.69, 9.17) is 4.42 Å². The van der Waals surface area contributed by atoms with Crippen molar-refractivity contribution < 1.29 is 19.1 Å². The summed E-state index contributed by atoms with van der Waals surface area (Å²) in [5.74, 6) is 0.0912. The molecule has 1 aromatic heterocycles. The molecule has 0 radical (unpaired) electrons. The van der Waals surface area contributed by atoms with E-state index >= 15 is 0 Å². The number of amides is 2. The lowest BCUT2D eigenvalue weighted by Gasteiger charge is -2.29. The summed E-state index contributed by atoms with van der Waals surface area (Å²) in [5, 5.41) is 17.5. The summed E-state index contributed by atoms with van der Waals surface area (Å²) < 4.78 is 5.59. The molecule has 2 saturated heterocycles. The van der Waals surface area contributed by atoms with Crippen molar-refractivity contribution in [2.75, 3.05) is 13.1 Å². The number of nitrogens with one attached hydrogen (secondary N) is 2. The third-order valence-corrected chi connectivity index (χ3v) is 7.35. The predicted molar refractivity (Wildman–Crippen MR) is 139 cm³/mol. The van der Waals surface area contributed by atoms with Crippen LogP contribution < -0.4 is 10.6 Å². The molecule has 3 aromatic rings. The number of hydrogen-bond acceptors (Lipinski definition) is 6. The number of aromatic nitrogens is 1. The summed E-state index contributed by atoms with van der Waals surface area (Å²) in [6.07, 6.45) is 4.91. The molecular weight excluding hydrogens is 468 g/mol. The topological polar surface area (TPSA) is 108 Å². The van der Waals surface area contributed by atoms with Gasteiger partial charge >= 0.3 is 0 Å². The average molecular weight is 503 g/mol. The Bertz CT molecular complexity index is 1220. The molecule has 2 aliphatic rings. The molecule has 3 N–H and O–H groups in total. The zero-order valence-corrected chi connectivity index (χ0v) is 21.1. The van der Waals surface area contributed by atoms with Crippen LogP contribution in [0.2, 0.25) is 0 Å². The van der Waals surface area contributed by atoms with Crippen molar-refractivity contribution in [2.24, 2.45) is 0 Å². The molecule has 3 heterocycles. The van der Waals surface area contributed by atoms with Gasteiger partial charge in [-0.3, -0.25) is 9.59 Å². The number of carbonyl (C=O) groups excluding carboxylic acids is 2. The SMILES string of the molecule is Cc1coc([C@H]2CCCN2C(=O)c2cccc(C(=O)N[C@@H](Cc3ccccc3)[C@@H](O)[C@H]3CCCN3)c2)n1. The van der Waals surface area contributed by atoms with E-state index in [0.717, 1.165) is 43.5 Å². The zero-order valence-electron chi connectivity index (χ0n) is 21.1. The lowest BCUT2D eigenvalue weighted by molar-refractivity contribution is 0.0715. The minimum Gasteiger partial charge on any atom is -0.446 e. The van der Waals surface area contributed by atoms with Crippen LogP contribution in [-0.2, 0) is 6.42 Å². The summed E-state index contributed by atoms with van der Waals surface area (Å²) in [5.41, 5.74) is 2.65. The standard InChI is InChI=1S/C29H34N4O4/c1-19-18-37-28(31-19)25-13-7-15-33(25)29(36)22-11-5-10-21(17-22)27(35)32-24(16-20-8-3-2-4-9-20)26(34)23-12-6-14-30-23/h2-5,8-11,17-18,23-26,30,34H,6-7,12-16H2,1H3,(H,32,35)/t23-,24+,25-,26+/m1/s1. The van der Waals surface area contributed by atoms with Gasteiger partial charge in [-0.05, 0) is 69.3 Å². The van der Waals surface area contributed by atoms with Gasteiger partial charge in [0.05, 0.1) is 17.8 Å². The molecular formula is C29H34N4O4. The van der Waals surface area contributed by atoms with Crippen molar-refractivity contribution >= 4 is 11.8 Å². The molecule has 37 heavy (non-hydrogen) atoms. The highest BCUT2D eigenvalue weighted by molar-refractivity contribution is 6.00. The Morgan fingerprint density at radius 1 is 1.14 bits per heavy atom. The number of benzene rings is 2. The highest BCUT2D eigenvalue weighted by atomic mass is 16.3. The largest absolute Gasteiger partial charge is 0.446 e. The van der Waals surface area contributed by atoms with E-state index in [1.54, 1.807) is 35.4 Å². The fourth-order valence-electron chi connectivity index (χ4n) is 5.41. The first-order valence-electron chi connectivity index (χ1n) is 13.1. The fourth-order valence-corrected chi connectivity index (χ4v) is 5.41. The molecule has 0 bridgehead atoms. The maximum atomic E-state index is 13.4. The summed E-state index contributed by atoms with van der Waals surface area (Å²) in [4.78, 5) is 33.0. The smallest absolute Gasteiger partial charge is 0.254 e.